The molecule has 3 heteroatoms. The Morgan fingerprint density at radius 3 is 2.87 bits per heavy atom. The van der Waals surface area contributed by atoms with Crippen LogP contribution >= 0.6 is 0 Å². The number of rotatable bonds is 5. The van der Waals surface area contributed by atoms with Gasteiger partial charge in [0, 0.05) is 25.2 Å². The van der Waals surface area contributed by atoms with Crippen LogP contribution in [0.25, 0.3) is 0 Å². The van der Waals surface area contributed by atoms with Gasteiger partial charge in [-0.15, -0.1) is 0 Å². The second kappa shape index (κ2) is 4.81. The normalized spacial score (nSPS) is 30.4. The third-order valence-electron chi connectivity index (χ3n) is 3.81. The number of ether oxygens (including phenoxy) is 1. The van der Waals surface area contributed by atoms with Gasteiger partial charge in [0.25, 0.3) is 0 Å². The van der Waals surface area contributed by atoms with Crippen LogP contribution in [-0.2, 0) is 4.74 Å². The van der Waals surface area contributed by atoms with E-state index in [0.29, 0.717) is 6.10 Å². The van der Waals surface area contributed by atoms with Crippen molar-refractivity contribution in [3.63, 3.8) is 0 Å². The van der Waals surface area contributed by atoms with Crippen LogP contribution in [0.3, 0.4) is 0 Å². The van der Waals surface area contributed by atoms with E-state index in [1.807, 2.05) is 0 Å². The largest absolute Gasteiger partial charge is 0.378 e. The molecule has 1 unspecified atom stereocenters. The van der Waals surface area contributed by atoms with Crippen molar-refractivity contribution >= 4 is 0 Å². The Bertz CT molecular complexity index is 196. The van der Waals surface area contributed by atoms with Crippen molar-refractivity contribution in [2.75, 3.05) is 26.2 Å². The van der Waals surface area contributed by atoms with Crippen molar-refractivity contribution in [3.05, 3.63) is 0 Å². The molecule has 3 nitrogen and oxygen atoms in total. The highest BCUT2D eigenvalue weighted by Crippen LogP contribution is 2.23. The molecular formula is C12H24N2O. The van der Waals surface area contributed by atoms with Crippen molar-refractivity contribution in [1.82, 2.24) is 4.90 Å². The summed E-state index contributed by atoms with van der Waals surface area (Å²) < 4.78 is 5.61. The van der Waals surface area contributed by atoms with Crippen LogP contribution in [0.5, 0.6) is 0 Å². The Hall–Kier alpha value is -0.120. The predicted molar refractivity (Wildman–Crippen MR) is 61.9 cm³/mol. The molecule has 2 heterocycles. The van der Waals surface area contributed by atoms with E-state index in [2.05, 4.69) is 11.8 Å². The molecule has 0 aliphatic carbocycles. The fraction of sp³-hybridized carbons (Fsp3) is 1.00. The van der Waals surface area contributed by atoms with Crippen molar-refractivity contribution in [2.24, 2.45) is 5.73 Å². The number of hydrogen-bond acceptors (Lipinski definition) is 3. The molecule has 2 rings (SSSR count). The first-order valence-corrected chi connectivity index (χ1v) is 6.35. The summed E-state index contributed by atoms with van der Waals surface area (Å²) in [4.78, 5) is 2.47. The van der Waals surface area contributed by atoms with Crippen molar-refractivity contribution in [1.29, 1.82) is 0 Å². The van der Waals surface area contributed by atoms with Gasteiger partial charge in [0.05, 0.1) is 6.10 Å². The van der Waals surface area contributed by atoms with E-state index < -0.39 is 0 Å². The van der Waals surface area contributed by atoms with E-state index in [1.165, 1.54) is 32.2 Å². The molecule has 2 aliphatic heterocycles. The number of nitrogens with two attached hydrogens (primary N) is 1. The third-order valence-corrected chi connectivity index (χ3v) is 3.81. The molecule has 0 bridgehead atoms. The highest BCUT2D eigenvalue weighted by Gasteiger charge is 2.36. The fourth-order valence-electron chi connectivity index (χ4n) is 2.64. The summed E-state index contributed by atoms with van der Waals surface area (Å²) in [7, 11) is 0. The Morgan fingerprint density at radius 2 is 2.27 bits per heavy atom. The summed E-state index contributed by atoms with van der Waals surface area (Å²) in [6.07, 6.45) is 6.70. The lowest BCUT2D eigenvalue weighted by Crippen LogP contribution is -2.66. The molecule has 0 spiro atoms. The van der Waals surface area contributed by atoms with Gasteiger partial charge in [-0.1, -0.05) is 6.92 Å². The molecule has 2 fully saturated rings. The molecule has 0 aromatic heterocycles. The van der Waals surface area contributed by atoms with Crippen molar-refractivity contribution in [3.8, 4) is 0 Å². The summed E-state index contributed by atoms with van der Waals surface area (Å²) in [6.45, 7) is 6.56. The number of hydrogen-bond donors (Lipinski definition) is 1. The maximum Gasteiger partial charge on any atom is 0.0576 e. The van der Waals surface area contributed by atoms with Gasteiger partial charge in [-0.2, -0.15) is 0 Å². The molecule has 15 heavy (non-hydrogen) atoms. The van der Waals surface area contributed by atoms with Crippen LogP contribution in [0.2, 0.25) is 0 Å². The molecule has 0 aromatic carbocycles. The van der Waals surface area contributed by atoms with Crippen LogP contribution in [0.4, 0.5) is 0 Å². The maximum absolute atomic E-state index is 6.12. The summed E-state index contributed by atoms with van der Waals surface area (Å²) in [5.41, 5.74) is 6.25. The quantitative estimate of drug-likeness (QED) is 0.748. The van der Waals surface area contributed by atoms with E-state index >= 15 is 0 Å². The highest BCUT2D eigenvalue weighted by molar-refractivity contribution is 4.98. The van der Waals surface area contributed by atoms with Crippen LogP contribution in [0.15, 0.2) is 0 Å². The molecular weight excluding hydrogens is 188 g/mol. The van der Waals surface area contributed by atoms with E-state index in [4.69, 9.17) is 10.5 Å². The van der Waals surface area contributed by atoms with Crippen molar-refractivity contribution in [2.45, 2.75) is 50.7 Å². The standard InChI is InChI=1S/C12H24N2O/c1-2-12(13)9-14(10-12)7-3-5-11-6-4-8-15-11/h11H,2-10,13H2,1H3. The molecule has 0 saturated carbocycles. The first-order chi connectivity index (χ1) is 7.22. The molecule has 0 amide bonds. The second-order valence-electron chi connectivity index (χ2n) is 5.20. The molecule has 2 N–H and O–H groups in total. The molecule has 2 saturated heterocycles. The van der Waals surface area contributed by atoms with E-state index in [-0.39, 0.29) is 5.54 Å². The van der Waals surface area contributed by atoms with Crippen molar-refractivity contribution < 1.29 is 4.74 Å². The molecule has 88 valence electrons. The summed E-state index contributed by atoms with van der Waals surface area (Å²) in [5.74, 6) is 0. The minimum Gasteiger partial charge on any atom is -0.378 e. The van der Waals surface area contributed by atoms with Crippen LogP contribution in [0.1, 0.15) is 39.0 Å². The zero-order chi connectivity index (χ0) is 10.7. The van der Waals surface area contributed by atoms with Gasteiger partial charge in [-0.05, 0) is 38.6 Å². The van der Waals surface area contributed by atoms with Crippen LogP contribution < -0.4 is 5.73 Å². The van der Waals surface area contributed by atoms with Gasteiger partial charge >= 0.3 is 0 Å². The zero-order valence-corrected chi connectivity index (χ0v) is 9.87. The van der Waals surface area contributed by atoms with Gasteiger partial charge in [0.1, 0.15) is 0 Å². The van der Waals surface area contributed by atoms with Gasteiger partial charge in [-0.25, -0.2) is 0 Å². The monoisotopic (exact) mass is 212 g/mol. The SMILES string of the molecule is CCC1(N)CN(CCCC2CCCO2)C1. The third kappa shape index (κ3) is 2.92. The first-order valence-electron chi connectivity index (χ1n) is 6.35. The predicted octanol–water partition coefficient (Wildman–Crippen LogP) is 1.37. The van der Waals surface area contributed by atoms with E-state index in [9.17, 15) is 0 Å². The minimum absolute atomic E-state index is 0.129. The smallest absolute Gasteiger partial charge is 0.0576 e. The molecule has 2 aliphatic rings. The highest BCUT2D eigenvalue weighted by atomic mass is 16.5. The summed E-state index contributed by atoms with van der Waals surface area (Å²) in [6, 6.07) is 0. The van der Waals surface area contributed by atoms with E-state index in [1.54, 1.807) is 0 Å². The minimum atomic E-state index is 0.129. The first kappa shape index (κ1) is 11.4. The number of nitrogens with zero attached hydrogens (tertiary/aromatic N) is 1. The average Bonchev–Trinajstić information content (AvgIpc) is 2.67. The van der Waals surface area contributed by atoms with Gasteiger partial charge in [0.15, 0.2) is 0 Å². The lowest BCUT2D eigenvalue weighted by Gasteiger charge is -2.47. The Kier molecular flexibility index (Phi) is 3.65. The Balaban J connectivity index is 1.52. The van der Waals surface area contributed by atoms with Gasteiger partial charge in [-0.3, -0.25) is 4.90 Å². The fourth-order valence-corrected chi connectivity index (χ4v) is 2.64. The van der Waals surface area contributed by atoms with Crippen LogP contribution in [-0.4, -0.2) is 42.8 Å². The molecule has 1 atom stereocenters. The number of likely N-dealkylation sites (tertiary alicyclic amines) is 1. The van der Waals surface area contributed by atoms with Crippen LogP contribution in [0, 0.1) is 0 Å². The topological polar surface area (TPSA) is 38.5 Å². The lowest BCUT2D eigenvalue weighted by molar-refractivity contribution is 0.0561. The lowest BCUT2D eigenvalue weighted by atomic mass is 9.88. The zero-order valence-electron chi connectivity index (χ0n) is 9.87. The molecule has 0 aromatic rings. The van der Waals surface area contributed by atoms with Gasteiger partial charge in [0.2, 0.25) is 0 Å². The van der Waals surface area contributed by atoms with E-state index in [0.717, 1.165) is 26.1 Å². The Morgan fingerprint density at radius 1 is 1.47 bits per heavy atom. The summed E-state index contributed by atoms with van der Waals surface area (Å²) >= 11 is 0. The Labute approximate surface area is 93.0 Å². The average molecular weight is 212 g/mol. The van der Waals surface area contributed by atoms with Gasteiger partial charge < -0.3 is 10.5 Å². The second-order valence-corrected chi connectivity index (χ2v) is 5.20. The maximum atomic E-state index is 6.12. The summed E-state index contributed by atoms with van der Waals surface area (Å²) in [5, 5.41) is 0. The molecule has 0 radical (unpaired) electrons.